The molecule has 0 bridgehead atoms. The fraction of sp³-hybridized carbons (Fsp3) is 0.467. The lowest BCUT2D eigenvalue weighted by Gasteiger charge is -2.11. The average molecular weight is 325 g/mol. The van der Waals surface area contributed by atoms with E-state index in [4.69, 9.17) is 0 Å². The molecule has 2 aliphatic rings. The number of hydrogen-bond donors (Lipinski definition) is 4. The van der Waals surface area contributed by atoms with Crippen LogP contribution in [0, 0.1) is 5.92 Å². The number of hydrogen-bond acceptors (Lipinski definition) is 3. The second-order valence-corrected chi connectivity index (χ2v) is 5.63. The van der Waals surface area contributed by atoms with Crippen LogP contribution in [0.1, 0.15) is 19.3 Å². The van der Waals surface area contributed by atoms with Gasteiger partial charge in [-0.05, 0) is 50.1 Å². The summed E-state index contributed by atoms with van der Waals surface area (Å²) in [7, 11) is 0. The van der Waals surface area contributed by atoms with Crippen LogP contribution in [0.4, 0.5) is 16.2 Å². The van der Waals surface area contributed by atoms with E-state index in [2.05, 4.69) is 21.3 Å². The van der Waals surface area contributed by atoms with Crippen molar-refractivity contribution >= 4 is 35.7 Å². The van der Waals surface area contributed by atoms with E-state index >= 15 is 0 Å². The van der Waals surface area contributed by atoms with E-state index in [0.29, 0.717) is 11.7 Å². The minimum absolute atomic E-state index is 0. The summed E-state index contributed by atoms with van der Waals surface area (Å²) in [6.45, 7) is 1.64. The van der Waals surface area contributed by atoms with Gasteiger partial charge >= 0.3 is 6.03 Å². The van der Waals surface area contributed by atoms with E-state index in [1.807, 2.05) is 0 Å². The van der Waals surface area contributed by atoms with Crippen LogP contribution >= 0.6 is 12.4 Å². The molecule has 0 radical (unpaired) electrons. The van der Waals surface area contributed by atoms with Crippen molar-refractivity contribution in [2.24, 2.45) is 5.92 Å². The number of amides is 3. The average Bonchev–Trinajstić information content (AvgIpc) is 3.10. The maximum atomic E-state index is 12.0. The summed E-state index contributed by atoms with van der Waals surface area (Å²) < 4.78 is 0. The third-order valence-electron chi connectivity index (χ3n) is 3.75. The molecule has 1 aromatic carbocycles. The fourth-order valence-electron chi connectivity index (χ4n) is 2.34. The highest BCUT2D eigenvalue weighted by Crippen LogP contribution is 2.19. The van der Waals surface area contributed by atoms with Crippen LogP contribution in [-0.2, 0) is 4.79 Å². The first-order valence-corrected chi connectivity index (χ1v) is 7.40. The summed E-state index contributed by atoms with van der Waals surface area (Å²) in [4.78, 5) is 23.6. The second kappa shape index (κ2) is 7.47. The maximum Gasteiger partial charge on any atom is 0.319 e. The molecule has 3 rings (SSSR count). The number of rotatable bonds is 4. The van der Waals surface area contributed by atoms with Crippen molar-refractivity contribution in [3.63, 3.8) is 0 Å². The van der Waals surface area contributed by atoms with Crippen molar-refractivity contribution in [2.75, 3.05) is 23.7 Å². The zero-order chi connectivity index (χ0) is 14.7. The number of halogens is 1. The molecule has 1 saturated heterocycles. The van der Waals surface area contributed by atoms with Gasteiger partial charge in [-0.2, -0.15) is 0 Å². The third kappa shape index (κ3) is 4.61. The van der Waals surface area contributed by atoms with Crippen molar-refractivity contribution in [1.82, 2.24) is 10.6 Å². The Morgan fingerprint density at radius 1 is 1.00 bits per heavy atom. The smallest absolute Gasteiger partial charge is 0.319 e. The van der Waals surface area contributed by atoms with Crippen LogP contribution in [0.15, 0.2) is 24.3 Å². The molecule has 22 heavy (non-hydrogen) atoms. The van der Waals surface area contributed by atoms with Gasteiger partial charge in [0.2, 0.25) is 5.91 Å². The standard InChI is InChI=1S/C15H20N4O2.ClH/c20-14(10-7-8-16-9-10)17-11-1-3-12(4-2-11)18-15(21)19-13-5-6-13;/h1-4,10,13,16H,5-9H2,(H,17,20)(H2,18,19,21);1H. The van der Waals surface area contributed by atoms with Crippen molar-refractivity contribution in [1.29, 1.82) is 0 Å². The first-order chi connectivity index (χ1) is 10.2. The first kappa shape index (κ1) is 16.6. The summed E-state index contributed by atoms with van der Waals surface area (Å²) in [5.41, 5.74) is 1.47. The van der Waals surface area contributed by atoms with E-state index in [0.717, 1.165) is 38.0 Å². The molecule has 6 nitrogen and oxygen atoms in total. The van der Waals surface area contributed by atoms with E-state index in [1.165, 1.54) is 0 Å². The Morgan fingerprint density at radius 2 is 1.64 bits per heavy atom. The van der Waals surface area contributed by atoms with Gasteiger partial charge in [-0.25, -0.2) is 4.79 Å². The molecule has 1 saturated carbocycles. The molecule has 1 aliphatic carbocycles. The highest BCUT2D eigenvalue weighted by molar-refractivity contribution is 5.94. The fourth-order valence-corrected chi connectivity index (χ4v) is 2.34. The van der Waals surface area contributed by atoms with Crippen LogP contribution in [0.2, 0.25) is 0 Å². The van der Waals surface area contributed by atoms with Gasteiger partial charge < -0.3 is 21.3 Å². The Hall–Kier alpha value is -1.79. The van der Waals surface area contributed by atoms with Crippen LogP contribution in [0.3, 0.4) is 0 Å². The van der Waals surface area contributed by atoms with Gasteiger partial charge in [0.15, 0.2) is 0 Å². The Bertz CT molecular complexity index is 525. The molecule has 7 heteroatoms. The highest BCUT2D eigenvalue weighted by Gasteiger charge is 2.23. The number of carbonyl (C=O) groups excluding carboxylic acids is 2. The molecule has 0 aromatic heterocycles. The van der Waals surface area contributed by atoms with Crippen LogP contribution < -0.4 is 21.3 Å². The molecule has 1 aliphatic heterocycles. The molecule has 0 spiro atoms. The summed E-state index contributed by atoms with van der Waals surface area (Å²) in [5.74, 6) is 0.0966. The molecular formula is C15H21ClN4O2. The topological polar surface area (TPSA) is 82.3 Å². The maximum absolute atomic E-state index is 12.0. The lowest BCUT2D eigenvalue weighted by Crippen LogP contribution is -2.30. The quantitative estimate of drug-likeness (QED) is 0.683. The Balaban J connectivity index is 0.00000176. The number of anilines is 2. The molecule has 1 atom stereocenters. The third-order valence-corrected chi connectivity index (χ3v) is 3.75. The minimum atomic E-state index is -0.175. The summed E-state index contributed by atoms with van der Waals surface area (Å²) in [6, 6.07) is 7.33. The van der Waals surface area contributed by atoms with Crippen LogP contribution in [0.25, 0.3) is 0 Å². The summed E-state index contributed by atoms with van der Waals surface area (Å²) in [5, 5.41) is 11.7. The van der Waals surface area contributed by atoms with Crippen molar-refractivity contribution in [3.05, 3.63) is 24.3 Å². The monoisotopic (exact) mass is 324 g/mol. The zero-order valence-corrected chi connectivity index (χ0v) is 13.0. The lowest BCUT2D eigenvalue weighted by atomic mass is 10.1. The van der Waals surface area contributed by atoms with E-state index < -0.39 is 0 Å². The number of benzene rings is 1. The number of carbonyl (C=O) groups is 2. The first-order valence-electron chi connectivity index (χ1n) is 7.40. The normalized spacial score (nSPS) is 19.9. The van der Waals surface area contributed by atoms with Gasteiger partial charge in [-0.1, -0.05) is 0 Å². The van der Waals surface area contributed by atoms with E-state index in [-0.39, 0.29) is 30.3 Å². The SMILES string of the molecule is Cl.O=C(Nc1ccc(NC(=O)C2CCNC2)cc1)NC1CC1. The molecule has 120 valence electrons. The highest BCUT2D eigenvalue weighted by atomic mass is 35.5. The largest absolute Gasteiger partial charge is 0.335 e. The minimum Gasteiger partial charge on any atom is -0.335 e. The molecular weight excluding hydrogens is 304 g/mol. The summed E-state index contributed by atoms with van der Waals surface area (Å²) >= 11 is 0. The molecule has 4 N–H and O–H groups in total. The summed E-state index contributed by atoms with van der Waals surface area (Å²) in [6.07, 6.45) is 3.01. The van der Waals surface area contributed by atoms with Gasteiger partial charge in [0.1, 0.15) is 0 Å². The molecule has 1 unspecified atom stereocenters. The molecule has 3 amide bonds. The zero-order valence-electron chi connectivity index (χ0n) is 12.2. The molecule has 2 fully saturated rings. The second-order valence-electron chi connectivity index (χ2n) is 5.63. The lowest BCUT2D eigenvalue weighted by molar-refractivity contribution is -0.119. The van der Waals surface area contributed by atoms with Crippen LogP contribution in [0.5, 0.6) is 0 Å². The Labute approximate surface area is 135 Å². The van der Waals surface area contributed by atoms with Gasteiger partial charge in [0.25, 0.3) is 0 Å². The number of urea groups is 1. The van der Waals surface area contributed by atoms with Crippen molar-refractivity contribution in [2.45, 2.75) is 25.3 Å². The Morgan fingerprint density at radius 3 is 2.18 bits per heavy atom. The van der Waals surface area contributed by atoms with E-state index in [1.54, 1.807) is 24.3 Å². The van der Waals surface area contributed by atoms with Gasteiger partial charge in [-0.15, -0.1) is 12.4 Å². The molecule has 1 heterocycles. The molecule has 1 aromatic rings. The Kier molecular flexibility index (Phi) is 5.63. The van der Waals surface area contributed by atoms with E-state index in [9.17, 15) is 9.59 Å². The predicted molar refractivity (Wildman–Crippen MR) is 88.5 cm³/mol. The van der Waals surface area contributed by atoms with Gasteiger partial charge in [0, 0.05) is 24.0 Å². The van der Waals surface area contributed by atoms with Crippen LogP contribution in [-0.4, -0.2) is 31.1 Å². The van der Waals surface area contributed by atoms with Gasteiger partial charge in [0.05, 0.1) is 5.92 Å². The number of nitrogens with one attached hydrogen (secondary N) is 4. The van der Waals surface area contributed by atoms with Crippen molar-refractivity contribution in [3.8, 4) is 0 Å². The van der Waals surface area contributed by atoms with Crippen molar-refractivity contribution < 1.29 is 9.59 Å². The predicted octanol–water partition coefficient (Wildman–Crippen LogP) is 1.94. The van der Waals surface area contributed by atoms with Gasteiger partial charge in [-0.3, -0.25) is 4.79 Å².